The van der Waals surface area contributed by atoms with E-state index in [1.807, 2.05) is 0 Å². The number of ether oxygens (including phenoxy) is 2. The Hall–Kier alpha value is -0.0900. The Morgan fingerprint density at radius 2 is 1.62 bits per heavy atom. The fourth-order valence-corrected chi connectivity index (χ4v) is 2.90. The summed E-state index contributed by atoms with van der Waals surface area (Å²) in [5, 5.41) is 0. The Balaban J connectivity index is 0.00000264. The molecular weight excluding hydrogens is 530 g/mol. The summed E-state index contributed by atoms with van der Waals surface area (Å²) < 4.78 is 11.8. The molecular formula is C18H30I2N2O2. The summed E-state index contributed by atoms with van der Waals surface area (Å²) in [6, 6.07) is 4.19. The van der Waals surface area contributed by atoms with Gasteiger partial charge in [-0.05, 0) is 38.0 Å². The van der Waals surface area contributed by atoms with Crippen molar-refractivity contribution in [2.45, 2.75) is 32.2 Å². The summed E-state index contributed by atoms with van der Waals surface area (Å²) >= 11 is 0. The zero-order valence-corrected chi connectivity index (χ0v) is 20.3. The molecule has 0 radical (unpaired) electrons. The molecule has 4 nitrogen and oxygen atoms in total. The zero-order chi connectivity index (χ0) is 16.5. The minimum atomic E-state index is -0.0627. The van der Waals surface area contributed by atoms with Crippen LogP contribution < -0.4 is 33.5 Å². The number of rotatable bonds is 5. The number of nitrogens with zero attached hydrogens (tertiary/aromatic N) is 2. The second-order valence-electron chi connectivity index (χ2n) is 7.68. The van der Waals surface area contributed by atoms with Crippen molar-refractivity contribution < 1.29 is 37.9 Å². The largest absolute Gasteiger partial charge is 1.00 e. The third-order valence-corrected chi connectivity index (χ3v) is 4.00. The quantitative estimate of drug-likeness (QED) is 0.390. The van der Waals surface area contributed by atoms with Crippen LogP contribution in [-0.2, 0) is 6.42 Å². The number of hydrogen-bond donors (Lipinski definition) is 0. The van der Waals surface area contributed by atoms with Gasteiger partial charge in [-0.1, -0.05) is 0 Å². The van der Waals surface area contributed by atoms with Crippen LogP contribution in [0.2, 0.25) is 0 Å². The Bertz CT molecular complexity index is 593. The van der Waals surface area contributed by atoms with Crippen molar-refractivity contribution in [3.05, 3.63) is 23.3 Å². The molecule has 0 N–H and O–H groups in total. The maximum absolute atomic E-state index is 5.46. The van der Waals surface area contributed by atoms with Crippen LogP contribution in [0, 0.1) is 0 Å². The van der Waals surface area contributed by atoms with Gasteiger partial charge in [0.2, 0.25) is 0 Å². The molecule has 0 aliphatic carbocycles. The van der Waals surface area contributed by atoms with E-state index in [-0.39, 0.29) is 53.5 Å². The first-order valence-corrected chi connectivity index (χ1v) is 7.80. The zero-order valence-electron chi connectivity index (χ0n) is 15.8. The molecule has 1 aromatic carbocycles. The Labute approximate surface area is 180 Å². The van der Waals surface area contributed by atoms with Crippen LogP contribution in [-0.4, -0.2) is 57.6 Å². The predicted molar refractivity (Wildman–Crippen MR) is 107 cm³/mol. The van der Waals surface area contributed by atoms with Crippen molar-refractivity contribution in [2.24, 2.45) is 4.99 Å². The van der Waals surface area contributed by atoms with E-state index >= 15 is 0 Å². The first kappa shape index (κ1) is 23.9. The van der Waals surface area contributed by atoms with Crippen LogP contribution in [0.1, 0.15) is 31.4 Å². The monoisotopic (exact) mass is 560 g/mol. The van der Waals surface area contributed by atoms with Crippen LogP contribution in [0.4, 0.5) is 0 Å². The smallest absolute Gasteiger partial charge is 0.161 e. The molecule has 24 heavy (non-hydrogen) atoms. The van der Waals surface area contributed by atoms with Crippen molar-refractivity contribution in [3.63, 3.8) is 0 Å². The molecule has 0 fully saturated rings. The lowest BCUT2D eigenvalue weighted by Gasteiger charge is -2.31. The van der Waals surface area contributed by atoms with Gasteiger partial charge in [0.1, 0.15) is 0 Å². The van der Waals surface area contributed by atoms with Gasteiger partial charge in [-0.2, -0.15) is 0 Å². The standard InChI is InChI=1S/C18H29N2O2.2HI/c1-18(2)12-13-10-16(21-6)17(22-7)11-14(13)15(19-18)8-9-20(3,4)5;;/h10-11H,8-9,12H2,1-7H3;2*1H/q+1;;/p-1. The van der Waals surface area contributed by atoms with Crippen LogP contribution in [0.25, 0.3) is 0 Å². The third-order valence-electron chi connectivity index (χ3n) is 4.00. The number of hydrogen-bond acceptors (Lipinski definition) is 3. The van der Waals surface area contributed by atoms with Gasteiger partial charge in [-0.3, -0.25) is 4.99 Å². The molecule has 1 aliphatic heterocycles. The summed E-state index contributed by atoms with van der Waals surface area (Å²) in [7, 11) is 10.0. The van der Waals surface area contributed by atoms with Gasteiger partial charge < -0.3 is 37.9 Å². The minimum Gasteiger partial charge on any atom is -1.00 e. The van der Waals surface area contributed by atoms with E-state index in [1.54, 1.807) is 14.2 Å². The van der Waals surface area contributed by atoms with E-state index in [4.69, 9.17) is 14.5 Å². The summed E-state index contributed by atoms with van der Waals surface area (Å²) in [5.41, 5.74) is 3.63. The molecule has 0 spiro atoms. The highest BCUT2D eigenvalue weighted by Crippen LogP contribution is 2.36. The second-order valence-corrected chi connectivity index (χ2v) is 7.68. The lowest BCUT2D eigenvalue weighted by atomic mass is 9.85. The minimum absolute atomic E-state index is 0. The summed E-state index contributed by atoms with van der Waals surface area (Å²) in [6.45, 7) is 5.44. The molecule has 6 heteroatoms. The van der Waals surface area contributed by atoms with Crippen LogP contribution in [0.15, 0.2) is 17.1 Å². The van der Waals surface area contributed by atoms with Crippen molar-refractivity contribution in [2.75, 3.05) is 41.9 Å². The summed E-state index contributed by atoms with van der Waals surface area (Å²) in [6.07, 6.45) is 1.89. The molecule has 1 heterocycles. The molecule has 2 rings (SSSR count). The van der Waals surface area contributed by atoms with E-state index in [2.05, 4.69) is 47.1 Å². The average Bonchev–Trinajstić information content (AvgIpc) is 2.41. The van der Waals surface area contributed by atoms with Crippen LogP contribution in [0.3, 0.4) is 0 Å². The highest BCUT2D eigenvalue weighted by molar-refractivity contribution is 14.0. The molecule has 0 unspecified atom stereocenters. The normalized spacial score (nSPS) is 15.4. The number of quaternary nitrogens is 1. The van der Waals surface area contributed by atoms with Gasteiger partial charge in [0.05, 0.1) is 47.4 Å². The molecule has 138 valence electrons. The molecule has 0 atom stereocenters. The van der Waals surface area contributed by atoms with Crippen molar-refractivity contribution >= 4 is 29.7 Å². The maximum Gasteiger partial charge on any atom is 0.161 e. The number of fused-ring (bicyclic) bond motifs is 1. The molecule has 0 saturated carbocycles. The van der Waals surface area contributed by atoms with Gasteiger partial charge in [-0.25, -0.2) is 0 Å². The molecule has 0 amide bonds. The Morgan fingerprint density at radius 3 is 2.12 bits per heavy atom. The van der Waals surface area contributed by atoms with Gasteiger partial charge in [0.15, 0.2) is 11.5 Å². The summed E-state index contributed by atoms with van der Waals surface area (Å²) in [4.78, 5) is 5.00. The van der Waals surface area contributed by atoms with Crippen molar-refractivity contribution in [3.8, 4) is 11.5 Å². The Kier molecular flexibility index (Phi) is 8.99. The van der Waals surface area contributed by atoms with E-state index in [1.165, 1.54) is 16.8 Å². The van der Waals surface area contributed by atoms with E-state index < -0.39 is 0 Å². The van der Waals surface area contributed by atoms with E-state index in [0.29, 0.717) is 0 Å². The predicted octanol–water partition coefficient (Wildman–Crippen LogP) is 0.546. The maximum atomic E-state index is 5.46. The van der Waals surface area contributed by atoms with Gasteiger partial charge in [-0.15, -0.1) is 24.0 Å². The highest BCUT2D eigenvalue weighted by atomic mass is 127. The summed E-state index contributed by atoms with van der Waals surface area (Å²) in [5.74, 6) is 1.57. The lowest BCUT2D eigenvalue weighted by molar-refractivity contribution is -0.869. The molecule has 1 aromatic rings. The fourth-order valence-electron chi connectivity index (χ4n) is 2.90. The highest BCUT2D eigenvalue weighted by Gasteiger charge is 2.29. The topological polar surface area (TPSA) is 30.8 Å². The average molecular weight is 560 g/mol. The van der Waals surface area contributed by atoms with Gasteiger partial charge in [0.25, 0.3) is 0 Å². The van der Waals surface area contributed by atoms with Crippen LogP contribution in [0.5, 0.6) is 11.5 Å². The van der Waals surface area contributed by atoms with Crippen molar-refractivity contribution in [1.29, 1.82) is 0 Å². The van der Waals surface area contributed by atoms with Gasteiger partial charge >= 0.3 is 0 Å². The number of aliphatic imine (C=N–C) groups is 1. The molecule has 1 aliphatic rings. The number of halogens is 2. The van der Waals surface area contributed by atoms with E-state index in [9.17, 15) is 0 Å². The van der Waals surface area contributed by atoms with Crippen LogP contribution >= 0.6 is 24.0 Å². The first-order chi connectivity index (χ1) is 10.1. The first-order valence-electron chi connectivity index (χ1n) is 7.80. The number of benzene rings is 1. The second kappa shape index (κ2) is 9.02. The number of methoxy groups -OCH3 is 2. The van der Waals surface area contributed by atoms with Gasteiger partial charge in [0, 0.05) is 17.7 Å². The lowest BCUT2D eigenvalue weighted by Crippen LogP contribution is -3.00. The SMILES string of the molecule is COc1cc2c(cc1OC)C(CC[N+](C)(C)C)=NC(C)(C)C2.I.[I-]. The molecule has 0 bridgehead atoms. The third kappa shape index (κ3) is 6.01. The molecule has 0 saturated heterocycles. The van der Waals surface area contributed by atoms with Crippen molar-refractivity contribution in [1.82, 2.24) is 0 Å². The van der Waals surface area contributed by atoms with E-state index in [0.717, 1.165) is 35.4 Å². The fraction of sp³-hybridized carbons (Fsp3) is 0.611. The Morgan fingerprint density at radius 1 is 1.08 bits per heavy atom. The molecule has 0 aromatic heterocycles.